The van der Waals surface area contributed by atoms with Crippen LogP contribution in [0.4, 0.5) is 0 Å². The third kappa shape index (κ3) is 3.63. The maximum absolute atomic E-state index is 10.1. The van der Waals surface area contributed by atoms with Crippen LogP contribution in [0.15, 0.2) is 0 Å². The van der Waals surface area contributed by atoms with Crippen LogP contribution < -0.4 is 5.32 Å². The van der Waals surface area contributed by atoms with Crippen LogP contribution in [-0.4, -0.2) is 36.5 Å². The van der Waals surface area contributed by atoms with Crippen LogP contribution >= 0.6 is 0 Å². The molecule has 13 heavy (non-hydrogen) atoms. The molecule has 0 saturated carbocycles. The first-order valence-electron chi connectivity index (χ1n) is 5.20. The first-order chi connectivity index (χ1) is 6.16. The Labute approximate surface area is 80.5 Å². The summed E-state index contributed by atoms with van der Waals surface area (Å²) in [5.41, 5.74) is -0.526. The fourth-order valence-electron chi connectivity index (χ4n) is 1.44. The summed E-state index contributed by atoms with van der Waals surface area (Å²) < 4.78 is 5.21. The summed E-state index contributed by atoms with van der Waals surface area (Å²) in [6.07, 6.45) is 2.62. The molecule has 1 heterocycles. The van der Waals surface area contributed by atoms with E-state index in [0.29, 0.717) is 25.8 Å². The lowest BCUT2D eigenvalue weighted by molar-refractivity contribution is -0.0625. The first-order valence-corrected chi connectivity index (χ1v) is 5.20. The number of rotatable bonds is 4. The molecule has 0 bridgehead atoms. The van der Waals surface area contributed by atoms with E-state index in [0.717, 1.165) is 19.3 Å². The van der Waals surface area contributed by atoms with Crippen molar-refractivity contribution in [2.75, 3.05) is 19.8 Å². The summed E-state index contributed by atoms with van der Waals surface area (Å²) in [6.45, 7) is 6.37. The van der Waals surface area contributed by atoms with Gasteiger partial charge in [0.25, 0.3) is 0 Å². The molecule has 1 unspecified atom stereocenters. The Morgan fingerprint density at radius 2 is 2.08 bits per heavy atom. The van der Waals surface area contributed by atoms with Gasteiger partial charge in [-0.2, -0.15) is 0 Å². The van der Waals surface area contributed by atoms with Crippen LogP contribution in [0.5, 0.6) is 0 Å². The molecule has 78 valence electrons. The molecular formula is C10H21NO2. The lowest BCUT2D eigenvalue weighted by atomic mass is 9.94. The van der Waals surface area contributed by atoms with Crippen LogP contribution in [0.2, 0.25) is 0 Å². The molecule has 0 amide bonds. The van der Waals surface area contributed by atoms with Crippen LogP contribution in [0, 0.1) is 0 Å². The van der Waals surface area contributed by atoms with E-state index in [1.54, 1.807) is 0 Å². The lowest BCUT2D eigenvalue weighted by Crippen LogP contribution is -2.47. The first kappa shape index (κ1) is 11.0. The van der Waals surface area contributed by atoms with Gasteiger partial charge in [0.2, 0.25) is 0 Å². The quantitative estimate of drug-likeness (QED) is 0.687. The molecule has 0 aromatic carbocycles. The minimum Gasteiger partial charge on any atom is -0.388 e. The highest BCUT2D eigenvalue weighted by Crippen LogP contribution is 2.19. The predicted molar refractivity (Wildman–Crippen MR) is 52.8 cm³/mol. The average Bonchev–Trinajstić information content (AvgIpc) is 2.15. The highest BCUT2D eigenvalue weighted by atomic mass is 16.5. The Morgan fingerprint density at radius 3 is 2.62 bits per heavy atom. The van der Waals surface area contributed by atoms with E-state index in [2.05, 4.69) is 19.2 Å². The van der Waals surface area contributed by atoms with E-state index in [9.17, 15) is 5.11 Å². The molecule has 1 fully saturated rings. The van der Waals surface area contributed by atoms with E-state index in [4.69, 9.17) is 4.74 Å². The van der Waals surface area contributed by atoms with Crippen molar-refractivity contribution in [1.29, 1.82) is 0 Å². The van der Waals surface area contributed by atoms with Gasteiger partial charge in [0, 0.05) is 38.6 Å². The van der Waals surface area contributed by atoms with E-state index in [1.807, 2.05) is 0 Å². The van der Waals surface area contributed by atoms with Gasteiger partial charge < -0.3 is 15.2 Å². The highest BCUT2D eigenvalue weighted by Gasteiger charge is 2.29. The number of aliphatic hydroxyl groups is 1. The number of ether oxygens (including phenoxy) is 1. The van der Waals surface area contributed by atoms with Gasteiger partial charge in [0.15, 0.2) is 0 Å². The zero-order chi connectivity index (χ0) is 9.73. The van der Waals surface area contributed by atoms with Gasteiger partial charge in [-0.3, -0.25) is 0 Å². The SMILES string of the molecule is CCC(C)NCC1(O)CCOCC1. The molecule has 0 spiro atoms. The van der Waals surface area contributed by atoms with Gasteiger partial charge in [-0.1, -0.05) is 6.92 Å². The predicted octanol–water partition coefficient (Wildman–Crippen LogP) is 0.916. The Hall–Kier alpha value is -0.120. The molecule has 1 saturated heterocycles. The smallest absolute Gasteiger partial charge is 0.0815 e. The molecule has 0 aromatic rings. The van der Waals surface area contributed by atoms with Crippen molar-refractivity contribution >= 4 is 0 Å². The van der Waals surface area contributed by atoms with Crippen LogP contribution in [-0.2, 0) is 4.74 Å². The van der Waals surface area contributed by atoms with E-state index >= 15 is 0 Å². The zero-order valence-corrected chi connectivity index (χ0v) is 8.68. The topological polar surface area (TPSA) is 41.5 Å². The molecule has 1 atom stereocenters. The van der Waals surface area contributed by atoms with Crippen molar-refractivity contribution in [2.24, 2.45) is 0 Å². The summed E-state index contributed by atoms with van der Waals surface area (Å²) in [6, 6.07) is 0.492. The van der Waals surface area contributed by atoms with Gasteiger partial charge in [-0.15, -0.1) is 0 Å². The summed E-state index contributed by atoms with van der Waals surface area (Å²) in [5, 5.41) is 13.4. The monoisotopic (exact) mass is 187 g/mol. The second-order valence-corrected chi connectivity index (χ2v) is 4.03. The molecule has 2 N–H and O–H groups in total. The van der Waals surface area contributed by atoms with Crippen molar-refractivity contribution in [3.8, 4) is 0 Å². The summed E-state index contributed by atoms with van der Waals surface area (Å²) >= 11 is 0. The Bertz CT molecular complexity index is 144. The molecule has 0 aromatic heterocycles. The van der Waals surface area contributed by atoms with Gasteiger partial charge in [0.05, 0.1) is 5.60 Å². The molecule has 3 nitrogen and oxygen atoms in total. The van der Waals surface area contributed by atoms with Crippen molar-refractivity contribution < 1.29 is 9.84 Å². The van der Waals surface area contributed by atoms with E-state index in [-0.39, 0.29) is 0 Å². The Morgan fingerprint density at radius 1 is 1.46 bits per heavy atom. The number of hydrogen-bond donors (Lipinski definition) is 2. The summed E-state index contributed by atoms with van der Waals surface area (Å²) in [4.78, 5) is 0. The Kier molecular flexibility index (Phi) is 4.16. The Balaban J connectivity index is 2.24. The molecule has 0 aliphatic carbocycles. The van der Waals surface area contributed by atoms with Gasteiger partial charge in [-0.25, -0.2) is 0 Å². The third-order valence-corrected chi connectivity index (χ3v) is 2.82. The van der Waals surface area contributed by atoms with Crippen LogP contribution in [0.3, 0.4) is 0 Å². The van der Waals surface area contributed by atoms with Gasteiger partial charge in [-0.05, 0) is 13.3 Å². The van der Waals surface area contributed by atoms with Crippen LogP contribution in [0.25, 0.3) is 0 Å². The van der Waals surface area contributed by atoms with Crippen LogP contribution in [0.1, 0.15) is 33.1 Å². The molecular weight excluding hydrogens is 166 g/mol. The van der Waals surface area contributed by atoms with E-state index < -0.39 is 5.60 Å². The molecule has 1 aliphatic rings. The maximum atomic E-state index is 10.1. The van der Waals surface area contributed by atoms with Crippen molar-refractivity contribution in [1.82, 2.24) is 5.32 Å². The molecule has 0 radical (unpaired) electrons. The lowest BCUT2D eigenvalue weighted by Gasteiger charge is -2.33. The maximum Gasteiger partial charge on any atom is 0.0815 e. The molecule has 3 heteroatoms. The minimum absolute atomic E-state index is 0.492. The summed E-state index contributed by atoms with van der Waals surface area (Å²) in [5.74, 6) is 0. The normalized spacial score (nSPS) is 24.2. The minimum atomic E-state index is -0.526. The van der Waals surface area contributed by atoms with Gasteiger partial charge >= 0.3 is 0 Å². The second kappa shape index (κ2) is 4.94. The zero-order valence-electron chi connectivity index (χ0n) is 8.68. The molecule has 1 aliphatic heterocycles. The fraction of sp³-hybridized carbons (Fsp3) is 1.00. The second-order valence-electron chi connectivity index (χ2n) is 4.03. The van der Waals surface area contributed by atoms with Gasteiger partial charge in [0.1, 0.15) is 0 Å². The third-order valence-electron chi connectivity index (χ3n) is 2.82. The van der Waals surface area contributed by atoms with Crippen molar-refractivity contribution in [3.05, 3.63) is 0 Å². The fourth-order valence-corrected chi connectivity index (χ4v) is 1.44. The average molecular weight is 187 g/mol. The highest BCUT2D eigenvalue weighted by molar-refractivity contribution is 4.84. The number of nitrogens with one attached hydrogen (secondary N) is 1. The largest absolute Gasteiger partial charge is 0.388 e. The van der Waals surface area contributed by atoms with E-state index in [1.165, 1.54) is 0 Å². The molecule has 1 rings (SSSR count). The van der Waals surface area contributed by atoms with Crippen molar-refractivity contribution in [3.63, 3.8) is 0 Å². The standard InChI is InChI=1S/C10H21NO2/c1-3-9(2)11-8-10(12)4-6-13-7-5-10/h9,11-12H,3-8H2,1-2H3. The number of hydrogen-bond acceptors (Lipinski definition) is 3. The summed E-state index contributed by atoms with van der Waals surface area (Å²) in [7, 11) is 0. The van der Waals surface area contributed by atoms with Crippen molar-refractivity contribution in [2.45, 2.75) is 44.8 Å².